The van der Waals surface area contributed by atoms with Crippen LogP contribution in [-0.2, 0) is 9.59 Å². The smallest absolute Gasteiger partial charge is 0.224 e. The second-order valence-electron chi connectivity index (χ2n) is 5.86. The zero-order chi connectivity index (χ0) is 14.4. The van der Waals surface area contributed by atoms with Crippen LogP contribution in [0.2, 0.25) is 0 Å². The van der Waals surface area contributed by atoms with Gasteiger partial charge in [-0.1, -0.05) is 12.8 Å². The largest absolute Gasteiger partial charge is 0.356 e. The van der Waals surface area contributed by atoms with Crippen LogP contribution >= 0.6 is 11.8 Å². The molecule has 0 radical (unpaired) electrons. The maximum Gasteiger partial charge on any atom is 0.224 e. The van der Waals surface area contributed by atoms with Crippen LogP contribution in [0.5, 0.6) is 0 Å². The fourth-order valence-corrected chi connectivity index (χ4v) is 3.66. The molecule has 0 bridgehead atoms. The molecule has 1 heterocycles. The molecule has 2 amide bonds. The molecule has 1 atom stereocenters. The number of nitrogens with one attached hydrogen (secondary N) is 1. The molecule has 2 rings (SSSR count). The summed E-state index contributed by atoms with van der Waals surface area (Å²) < 4.78 is 0. The Labute approximate surface area is 126 Å². The van der Waals surface area contributed by atoms with Gasteiger partial charge in [0.05, 0.1) is 5.92 Å². The highest BCUT2D eigenvalue weighted by Crippen LogP contribution is 2.28. The van der Waals surface area contributed by atoms with E-state index in [-0.39, 0.29) is 17.7 Å². The van der Waals surface area contributed by atoms with Crippen molar-refractivity contribution < 1.29 is 9.59 Å². The molecular weight excluding hydrogens is 272 g/mol. The van der Waals surface area contributed by atoms with E-state index in [0.717, 1.165) is 38.0 Å². The summed E-state index contributed by atoms with van der Waals surface area (Å²) in [5.41, 5.74) is 0. The fraction of sp³-hybridized carbons (Fsp3) is 0.867. The lowest BCUT2D eigenvalue weighted by molar-refractivity contribution is -0.140. The quantitative estimate of drug-likeness (QED) is 0.763. The Morgan fingerprint density at radius 2 is 2.10 bits per heavy atom. The van der Waals surface area contributed by atoms with E-state index in [4.69, 9.17) is 0 Å². The van der Waals surface area contributed by atoms with Crippen molar-refractivity contribution in [2.45, 2.75) is 51.0 Å². The Balaban J connectivity index is 1.80. The van der Waals surface area contributed by atoms with E-state index >= 15 is 0 Å². The van der Waals surface area contributed by atoms with Gasteiger partial charge in [-0.2, -0.15) is 11.8 Å². The summed E-state index contributed by atoms with van der Waals surface area (Å²) in [6.45, 7) is 1.39. The fourth-order valence-electron chi connectivity index (χ4n) is 3.23. The first-order chi connectivity index (χ1) is 9.72. The first kappa shape index (κ1) is 15.7. The van der Waals surface area contributed by atoms with Crippen molar-refractivity contribution >= 4 is 23.6 Å². The van der Waals surface area contributed by atoms with Crippen molar-refractivity contribution in [3.05, 3.63) is 0 Å². The molecule has 5 heteroatoms. The SMILES string of the molecule is CSCCCNC(=O)[C@@H]1CCC(=O)N(C2CCCC2)C1. The van der Waals surface area contributed by atoms with Gasteiger partial charge in [-0.05, 0) is 37.7 Å². The van der Waals surface area contributed by atoms with E-state index in [2.05, 4.69) is 11.6 Å². The molecule has 0 unspecified atom stereocenters. The molecule has 2 fully saturated rings. The Hall–Kier alpha value is -0.710. The van der Waals surface area contributed by atoms with Crippen LogP contribution in [0, 0.1) is 5.92 Å². The van der Waals surface area contributed by atoms with Crippen molar-refractivity contribution in [2.24, 2.45) is 5.92 Å². The summed E-state index contributed by atoms with van der Waals surface area (Å²) >= 11 is 1.80. The lowest BCUT2D eigenvalue weighted by Gasteiger charge is -2.36. The molecule has 0 spiro atoms. The first-order valence-corrected chi connectivity index (χ1v) is 9.18. The van der Waals surface area contributed by atoms with Crippen LogP contribution in [0.3, 0.4) is 0 Å². The first-order valence-electron chi connectivity index (χ1n) is 7.78. The molecular formula is C15H26N2O2S. The number of carbonyl (C=O) groups is 2. The van der Waals surface area contributed by atoms with Crippen LogP contribution in [0.4, 0.5) is 0 Å². The Kier molecular flexibility index (Phi) is 6.20. The molecule has 114 valence electrons. The number of thioether (sulfide) groups is 1. The molecule has 1 aliphatic carbocycles. The van der Waals surface area contributed by atoms with Gasteiger partial charge in [0, 0.05) is 25.6 Å². The van der Waals surface area contributed by atoms with Crippen molar-refractivity contribution in [3.8, 4) is 0 Å². The van der Waals surface area contributed by atoms with E-state index in [1.807, 2.05) is 4.90 Å². The number of piperidine rings is 1. The molecule has 20 heavy (non-hydrogen) atoms. The Morgan fingerprint density at radius 3 is 2.80 bits per heavy atom. The van der Waals surface area contributed by atoms with Gasteiger partial charge in [-0.3, -0.25) is 9.59 Å². The van der Waals surface area contributed by atoms with Crippen molar-refractivity contribution in [3.63, 3.8) is 0 Å². The molecule has 0 aromatic rings. The highest BCUT2D eigenvalue weighted by molar-refractivity contribution is 7.98. The summed E-state index contributed by atoms with van der Waals surface area (Å²) in [5.74, 6) is 1.48. The van der Waals surface area contributed by atoms with Crippen LogP contribution in [-0.4, -0.2) is 47.9 Å². The molecule has 0 aromatic heterocycles. The molecule has 1 saturated carbocycles. The predicted molar refractivity (Wildman–Crippen MR) is 82.7 cm³/mol. The average Bonchev–Trinajstić information content (AvgIpc) is 2.98. The van der Waals surface area contributed by atoms with Crippen molar-refractivity contribution in [2.75, 3.05) is 25.1 Å². The normalized spacial score (nSPS) is 24.1. The van der Waals surface area contributed by atoms with Crippen LogP contribution in [0.15, 0.2) is 0 Å². The predicted octanol–water partition coefficient (Wildman–Crippen LogP) is 2.04. The lowest BCUT2D eigenvalue weighted by atomic mass is 9.95. The third kappa shape index (κ3) is 4.14. The van der Waals surface area contributed by atoms with Gasteiger partial charge in [-0.15, -0.1) is 0 Å². The summed E-state index contributed by atoms with van der Waals surface area (Å²) in [4.78, 5) is 26.2. The monoisotopic (exact) mass is 298 g/mol. The van der Waals surface area contributed by atoms with Crippen molar-refractivity contribution in [1.29, 1.82) is 0 Å². The number of hydrogen-bond donors (Lipinski definition) is 1. The number of likely N-dealkylation sites (tertiary alicyclic amines) is 1. The maximum absolute atomic E-state index is 12.2. The number of hydrogen-bond acceptors (Lipinski definition) is 3. The second-order valence-corrected chi connectivity index (χ2v) is 6.84. The number of rotatable bonds is 6. The average molecular weight is 298 g/mol. The number of carbonyl (C=O) groups excluding carboxylic acids is 2. The third-order valence-corrected chi connectivity index (χ3v) is 5.10. The summed E-state index contributed by atoms with van der Waals surface area (Å²) in [6.07, 6.45) is 9.04. The second kappa shape index (κ2) is 7.91. The van der Waals surface area contributed by atoms with Gasteiger partial charge in [0.2, 0.25) is 11.8 Å². The maximum atomic E-state index is 12.2. The van der Waals surface area contributed by atoms with E-state index in [1.165, 1.54) is 12.8 Å². The minimum atomic E-state index is 0.00239. The molecule has 1 N–H and O–H groups in total. The van der Waals surface area contributed by atoms with E-state index in [9.17, 15) is 9.59 Å². The number of amides is 2. The van der Waals surface area contributed by atoms with E-state index in [0.29, 0.717) is 19.0 Å². The molecule has 1 saturated heterocycles. The van der Waals surface area contributed by atoms with E-state index in [1.54, 1.807) is 11.8 Å². The van der Waals surface area contributed by atoms with E-state index < -0.39 is 0 Å². The van der Waals surface area contributed by atoms with Crippen LogP contribution in [0.1, 0.15) is 44.9 Å². The van der Waals surface area contributed by atoms with Gasteiger partial charge in [0.15, 0.2) is 0 Å². The topological polar surface area (TPSA) is 49.4 Å². The van der Waals surface area contributed by atoms with Gasteiger partial charge in [0.1, 0.15) is 0 Å². The zero-order valence-corrected chi connectivity index (χ0v) is 13.2. The molecule has 1 aliphatic heterocycles. The third-order valence-electron chi connectivity index (χ3n) is 4.40. The molecule has 4 nitrogen and oxygen atoms in total. The highest BCUT2D eigenvalue weighted by atomic mass is 32.2. The van der Waals surface area contributed by atoms with Crippen LogP contribution < -0.4 is 5.32 Å². The lowest BCUT2D eigenvalue weighted by Crippen LogP contribution is -2.49. The summed E-state index contributed by atoms with van der Waals surface area (Å²) in [6, 6.07) is 0.398. The highest BCUT2D eigenvalue weighted by Gasteiger charge is 2.34. The standard InChI is InChI=1S/C15H26N2O2S/c1-20-10-4-9-16-15(19)12-7-8-14(18)17(11-12)13-5-2-3-6-13/h12-13H,2-11H2,1H3,(H,16,19)/t12-/m1/s1. The zero-order valence-electron chi connectivity index (χ0n) is 12.4. The van der Waals surface area contributed by atoms with Gasteiger partial charge < -0.3 is 10.2 Å². The Bertz CT molecular complexity index is 343. The molecule has 2 aliphatic rings. The minimum Gasteiger partial charge on any atom is -0.356 e. The van der Waals surface area contributed by atoms with Crippen LogP contribution in [0.25, 0.3) is 0 Å². The van der Waals surface area contributed by atoms with Gasteiger partial charge >= 0.3 is 0 Å². The Morgan fingerprint density at radius 1 is 1.35 bits per heavy atom. The van der Waals surface area contributed by atoms with Crippen molar-refractivity contribution in [1.82, 2.24) is 10.2 Å². The van der Waals surface area contributed by atoms with Gasteiger partial charge in [-0.25, -0.2) is 0 Å². The molecule has 0 aromatic carbocycles. The summed E-state index contributed by atoms with van der Waals surface area (Å²) in [7, 11) is 0. The minimum absolute atomic E-state index is 0.00239. The number of nitrogens with zero attached hydrogens (tertiary/aromatic N) is 1. The summed E-state index contributed by atoms with van der Waals surface area (Å²) in [5, 5.41) is 3.02. The van der Waals surface area contributed by atoms with Gasteiger partial charge in [0.25, 0.3) is 0 Å².